The van der Waals surface area contributed by atoms with Crippen LogP contribution >= 0.6 is 23.4 Å². The molecule has 0 spiro atoms. The number of fused-ring (bicyclic) bond motifs is 1. The zero-order chi connectivity index (χ0) is 24.0. The molecule has 1 aliphatic rings. The molecule has 0 atom stereocenters. The summed E-state index contributed by atoms with van der Waals surface area (Å²) in [5.74, 6) is -0.258. The number of imide groups is 1. The number of aromatic nitrogens is 1. The Morgan fingerprint density at radius 3 is 2.50 bits per heavy atom. The summed E-state index contributed by atoms with van der Waals surface area (Å²) < 4.78 is 2.13. The van der Waals surface area contributed by atoms with Gasteiger partial charge >= 0.3 is 0 Å². The van der Waals surface area contributed by atoms with Gasteiger partial charge in [0.25, 0.3) is 11.1 Å². The summed E-state index contributed by atoms with van der Waals surface area (Å²) in [4.78, 5) is 27.8. The van der Waals surface area contributed by atoms with Gasteiger partial charge in [-0.1, -0.05) is 60.1 Å². The Bertz CT molecular complexity index is 1500. The quantitative estimate of drug-likeness (QED) is 0.281. The number of benzene rings is 3. The van der Waals surface area contributed by atoms with Crippen molar-refractivity contribution in [3.63, 3.8) is 0 Å². The van der Waals surface area contributed by atoms with Crippen LogP contribution in [-0.2, 0) is 11.3 Å². The van der Waals surface area contributed by atoms with Crippen molar-refractivity contribution in [2.24, 2.45) is 0 Å². The minimum absolute atomic E-state index is 0.247. The van der Waals surface area contributed by atoms with Crippen molar-refractivity contribution < 1.29 is 9.59 Å². The molecule has 6 heteroatoms. The van der Waals surface area contributed by atoms with Crippen molar-refractivity contribution >= 4 is 51.4 Å². The number of thioether (sulfide) groups is 1. The Balaban J connectivity index is 1.47. The summed E-state index contributed by atoms with van der Waals surface area (Å²) >= 11 is 7.35. The van der Waals surface area contributed by atoms with E-state index in [0.717, 1.165) is 56.3 Å². The fraction of sp³-hybridized carbons (Fsp3) is 0.143. The molecule has 2 amide bonds. The van der Waals surface area contributed by atoms with E-state index < -0.39 is 0 Å². The second-order valence-electron chi connectivity index (χ2n) is 8.45. The molecule has 2 heterocycles. The van der Waals surface area contributed by atoms with Crippen molar-refractivity contribution in [2.45, 2.75) is 27.3 Å². The van der Waals surface area contributed by atoms with Crippen LogP contribution in [0.1, 0.15) is 28.1 Å². The maximum absolute atomic E-state index is 13.2. The Morgan fingerprint density at radius 1 is 0.941 bits per heavy atom. The van der Waals surface area contributed by atoms with Gasteiger partial charge < -0.3 is 4.57 Å². The molecule has 5 rings (SSSR count). The lowest BCUT2D eigenvalue weighted by Crippen LogP contribution is -2.27. The summed E-state index contributed by atoms with van der Waals surface area (Å²) in [6.07, 6.45) is 1.83. The largest absolute Gasteiger partial charge is 0.318 e. The van der Waals surface area contributed by atoms with Gasteiger partial charge in [-0.25, -0.2) is 0 Å². The second-order valence-corrected chi connectivity index (χ2v) is 9.85. The van der Waals surface area contributed by atoms with Gasteiger partial charge in [-0.05, 0) is 84.3 Å². The van der Waals surface area contributed by atoms with E-state index in [4.69, 9.17) is 11.6 Å². The number of carbonyl (C=O) groups excluding carboxylic acids is 2. The van der Waals surface area contributed by atoms with Gasteiger partial charge in [0.1, 0.15) is 0 Å². The molecule has 4 nitrogen and oxygen atoms in total. The molecule has 0 radical (unpaired) electrons. The molecule has 3 aromatic carbocycles. The second kappa shape index (κ2) is 8.82. The van der Waals surface area contributed by atoms with Crippen LogP contribution in [0.3, 0.4) is 0 Å². The highest BCUT2D eigenvalue weighted by Crippen LogP contribution is 2.36. The molecule has 34 heavy (non-hydrogen) atoms. The lowest BCUT2D eigenvalue weighted by atomic mass is 10.0. The van der Waals surface area contributed by atoms with E-state index in [1.54, 1.807) is 0 Å². The standard InChI is InChI=1S/C28H23ClN2O2S/c1-17-14-22(19(3)31(17)25-13-7-12-24(29)18(25)2)15-26-27(32)30(28(33)34-26)16-21-10-6-9-20-8-4-5-11-23(20)21/h4-15H,16H2,1-3H3/b26-15-. The van der Waals surface area contributed by atoms with Crippen molar-refractivity contribution in [3.05, 3.63) is 105 Å². The zero-order valence-electron chi connectivity index (χ0n) is 19.1. The molecule has 1 aromatic heterocycles. The van der Waals surface area contributed by atoms with Crippen molar-refractivity contribution in [2.75, 3.05) is 0 Å². The van der Waals surface area contributed by atoms with Crippen molar-refractivity contribution in [1.29, 1.82) is 0 Å². The minimum Gasteiger partial charge on any atom is -0.318 e. The predicted octanol–water partition coefficient (Wildman–Crippen LogP) is 7.45. The van der Waals surface area contributed by atoms with Gasteiger partial charge in [0.05, 0.1) is 11.4 Å². The molecule has 0 bridgehead atoms. The summed E-state index contributed by atoms with van der Waals surface area (Å²) in [6, 6.07) is 21.8. The number of amides is 2. The van der Waals surface area contributed by atoms with E-state index in [0.29, 0.717) is 9.93 Å². The Labute approximate surface area is 207 Å². The SMILES string of the molecule is Cc1c(Cl)cccc1-n1c(C)cc(/C=C2\SC(=O)N(Cc3cccc4ccccc34)C2=O)c1C. The molecule has 0 N–H and O–H groups in total. The van der Waals surface area contributed by atoms with Gasteiger partial charge in [0, 0.05) is 22.1 Å². The van der Waals surface area contributed by atoms with Crippen LogP contribution in [0, 0.1) is 20.8 Å². The lowest BCUT2D eigenvalue weighted by molar-refractivity contribution is -0.123. The first-order chi connectivity index (χ1) is 16.3. The summed E-state index contributed by atoms with van der Waals surface area (Å²) in [5, 5.41) is 2.60. The van der Waals surface area contributed by atoms with Crippen molar-refractivity contribution in [3.8, 4) is 5.69 Å². The highest BCUT2D eigenvalue weighted by atomic mass is 35.5. The number of carbonyl (C=O) groups is 2. The first-order valence-electron chi connectivity index (χ1n) is 11.0. The van der Waals surface area contributed by atoms with Crippen LogP contribution in [0.15, 0.2) is 71.6 Å². The van der Waals surface area contributed by atoms with Crippen LogP contribution in [-0.4, -0.2) is 20.6 Å². The van der Waals surface area contributed by atoms with E-state index in [9.17, 15) is 9.59 Å². The molecule has 0 aliphatic carbocycles. The lowest BCUT2D eigenvalue weighted by Gasteiger charge is -2.14. The fourth-order valence-corrected chi connectivity index (χ4v) is 5.52. The number of nitrogens with zero attached hydrogens (tertiary/aromatic N) is 2. The van der Waals surface area contributed by atoms with Crippen LogP contribution in [0.5, 0.6) is 0 Å². The normalized spacial score (nSPS) is 15.2. The van der Waals surface area contributed by atoms with Gasteiger partial charge in [0.2, 0.25) is 0 Å². The Hall–Kier alpha value is -3.28. The molecule has 1 fully saturated rings. The van der Waals surface area contributed by atoms with Crippen LogP contribution in [0.2, 0.25) is 5.02 Å². The molecule has 1 saturated heterocycles. The summed E-state index contributed by atoms with van der Waals surface area (Å²) in [6.45, 7) is 6.29. The third-order valence-corrected chi connectivity index (χ3v) is 7.64. The first-order valence-corrected chi connectivity index (χ1v) is 12.2. The Morgan fingerprint density at radius 2 is 1.68 bits per heavy atom. The third kappa shape index (κ3) is 3.85. The predicted molar refractivity (Wildman–Crippen MR) is 140 cm³/mol. The van der Waals surface area contributed by atoms with Crippen LogP contribution < -0.4 is 0 Å². The van der Waals surface area contributed by atoms with Gasteiger partial charge in [0.15, 0.2) is 0 Å². The average Bonchev–Trinajstić information content (AvgIpc) is 3.25. The number of hydrogen-bond acceptors (Lipinski definition) is 3. The van der Waals surface area contributed by atoms with Crippen LogP contribution in [0.25, 0.3) is 22.5 Å². The van der Waals surface area contributed by atoms with Gasteiger partial charge in [-0.3, -0.25) is 14.5 Å². The monoisotopic (exact) mass is 486 g/mol. The van der Waals surface area contributed by atoms with E-state index in [-0.39, 0.29) is 17.7 Å². The maximum Gasteiger partial charge on any atom is 0.293 e. The number of rotatable bonds is 4. The topological polar surface area (TPSA) is 42.3 Å². The van der Waals surface area contributed by atoms with Gasteiger partial charge in [-0.15, -0.1) is 0 Å². The number of aryl methyl sites for hydroxylation is 1. The summed E-state index contributed by atoms with van der Waals surface area (Å²) in [7, 11) is 0. The van der Waals surface area contributed by atoms with E-state index in [2.05, 4.69) is 4.57 Å². The summed E-state index contributed by atoms with van der Waals surface area (Å²) in [5.41, 5.74) is 5.88. The van der Waals surface area contributed by atoms with E-state index in [1.165, 1.54) is 4.90 Å². The van der Waals surface area contributed by atoms with Crippen LogP contribution in [0.4, 0.5) is 4.79 Å². The maximum atomic E-state index is 13.2. The smallest absolute Gasteiger partial charge is 0.293 e. The van der Waals surface area contributed by atoms with Crippen molar-refractivity contribution in [1.82, 2.24) is 9.47 Å². The molecule has 170 valence electrons. The minimum atomic E-state index is -0.258. The fourth-order valence-electron chi connectivity index (χ4n) is 4.52. The number of halogens is 1. The molecule has 1 aliphatic heterocycles. The van der Waals surface area contributed by atoms with E-state index >= 15 is 0 Å². The molecular formula is C28H23ClN2O2S. The average molecular weight is 487 g/mol. The zero-order valence-corrected chi connectivity index (χ0v) is 20.7. The molecule has 0 unspecified atom stereocenters. The first kappa shape index (κ1) is 22.5. The van der Waals surface area contributed by atoms with E-state index in [1.807, 2.05) is 93.6 Å². The molecule has 0 saturated carbocycles. The molecule has 4 aromatic rings. The molecular weight excluding hydrogens is 464 g/mol. The van der Waals surface area contributed by atoms with Gasteiger partial charge in [-0.2, -0.15) is 0 Å². The highest BCUT2D eigenvalue weighted by molar-refractivity contribution is 8.18. The number of hydrogen-bond donors (Lipinski definition) is 0. The highest BCUT2D eigenvalue weighted by Gasteiger charge is 2.35. The Kier molecular flexibility index (Phi) is 5.84. The third-order valence-electron chi connectivity index (χ3n) is 6.32.